The highest BCUT2D eigenvalue weighted by Gasteiger charge is 2.40. The number of aliphatic hydroxyl groups excluding tert-OH is 1. The van der Waals surface area contributed by atoms with Gasteiger partial charge in [-0.05, 0) is 6.42 Å². The fourth-order valence-corrected chi connectivity index (χ4v) is 2.72. The van der Waals surface area contributed by atoms with Gasteiger partial charge in [0, 0.05) is 25.2 Å². The first-order valence-corrected chi connectivity index (χ1v) is 6.98. The fraction of sp³-hybridized carbons (Fsp3) is 0.833. The Balaban J connectivity index is 2.14. The molecule has 0 spiro atoms. The van der Waals surface area contributed by atoms with Crippen molar-refractivity contribution in [2.24, 2.45) is 5.73 Å². The van der Waals surface area contributed by atoms with E-state index < -0.39 is 12.0 Å². The van der Waals surface area contributed by atoms with E-state index in [1.54, 1.807) is 0 Å². The Morgan fingerprint density at radius 2 is 2.05 bits per heavy atom. The van der Waals surface area contributed by atoms with Crippen LogP contribution in [0.3, 0.4) is 0 Å². The van der Waals surface area contributed by atoms with Crippen molar-refractivity contribution in [1.82, 2.24) is 19.7 Å². The van der Waals surface area contributed by atoms with Gasteiger partial charge in [0.2, 0.25) is 5.82 Å². The Bertz CT molecular complexity index is 476. The molecule has 0 aromatic carbocycles. The van der Waals surface area contributed by atoms with Crippen LogP contribution in [0.1, 0.15) is 31.4 Å². The zero-order valence-corrected chi connectivity index (χ0v) is 11.8. The second kappa shape index (κ2) is 6.29. The Morgan fingerprint density at radius 3 is 2.62 bits per heavy atom. The number of nitrogens with two attached hydrogens (primary N) is 1. The van der Waals surface area contributed by atoms with Crippen molar-refractivity contribution in [2.75, 3.05) is 13.2 Å². The third-order valence-electron chi connectivity index (χ3n) is 3.81. The molecule has 0 fully saturated rings. The van der Waals surface area contributed by atoms with E-state index in [1.165, 1.54) is 0 Å². The number of rotatable bonds is 5. The molecule has 3 N–H and O–H groups in total. The molecule has 1 aliphatic heterocycles. The molecule has 1 aromatic rings. The van der Waals surface area contributed by atoms with Crippen LogP contribution in [0.2, 0.25) is 0 Å². The summed E-state index contributed by atoms with van der Waals surface area (Å²) in [5.74, 6) is -0.703. The topological polar surface area (TPSA) is 80.2 Å². The van der Waals surface area contributed by atoms with Gasteiger partial charge in [0.1, 0.15) is 5.82 Å². The Morgan fingerprint density at radius 1 is 1.33 bits per heavy atom. The van der Waals surface area contributed by atoms with E-state index in [0.29, 0.717) is 6.54 Å². The summed E-state index contributed by atoms with van der Waals surface area (Å²) in [6.45, 7) is 2.62. The summed E-state index contributed by atoms with van der Waals surface area (Å²) in [7, 11) is 0. The van der Waals surface area contributed by atoms with Crippen LogP contribution in [0, 0.1) is 0 Å². The number of aromatic nitrogens is 3. The number of fused-ring (bicyclic) bond motifs is 1. The average molecular weight is 307 g/mol. The van der Waals surface area contributed by atoms with Crippen molar-refractivity contribution in [3.8, 4) is 0 Å². The molecule has 2 heterocycles. The largest absolute Gasteiger partial charge is 0.451 e. The minimum absolute atomic E-state index is 0.124. The third-order valence-corrected chi connectivity index (χ3v) is 3.81. The van der Waals surface area contributed by atoms with Crippen LogP contribution >= 0.6 is 0 Å². The second-order valence-electron chi connectivity index (χ2n) is 5.26. The van der Waals surface area contributed by atoms with Crippen LogP contribution in [0.5, 0.6) is 0 Å². The molecule has 2 atom stereocenters. The molecule has 0 aliphatic carbocycles. The van der Waals surface area contributed by atoms with Gasteiger partial charge in [0.25, 0.3) is 0 Å². The van der Waals surface area contributed by atoms with E-state index in [-0.39, 0.29) is 37.6 Å². The molecule has 0 radical (unpaired) electrons. The summed E-state index contributed by atoms with van der Waals surface area (Å²) in [4.78, 5) is 1.88. The first kappa shape index (κ1) is 16.2. The van der Waals surface area contributed by atoms with Crippen LogP contribution in [-0.2, 0) is 19.3 Å². The zero-order valence-electron chi connectivity index (χ0n) is 11.8. The summed E-state index contributed by atoms with van der Waals surface area (Å²) < 4.78 is 39.4. The van der Waals surface area contributed by atoms with Crippen LogP contribution in [0.4, 0.5) is 13.2 Å². The molecule has 0 amide bonds. The zero-order chi connectivity index (χ0) is 15.6. The number of alkyl halides is 3. The van der Waals surface area contributed by atoms with Crippen molar-refractivity contribution in [3.63, 3.8) is 0 Å². The molecule has 0 bridgehead atoms. The lowest BCUT2D eigenvalue weighted by molar-refractivity contribution is -0.148. The standard InChI is InChI=1S/C12H20F3N5O/c1-2-3-8(16)9(7-21)19-4-5-20-10(6-19)17-18-11(20)12(13,14)15/h8-9,21H,2-7,16H2,1H3. The van der Waals surface area contributed by atoms with Gasteiger partial charge < -0.3 is 15.4 Å². The van der Waals surface area contributed by atoms with Gasteiger partial charge in [-0.25, -0.2) is 0 Å². The van der Waals surface area contributed by atoms with Crippen LogP contribution < -0.4 is 5.73 Å². The predicted molar refractivity (Wildman–Crippen MR) is 69.2 cm³/mol. The summed E-state index contributed by atoms with van der Waals surface area (Å²) in [5, 5.41) is 16.4. The van der Waals surface area contributed by atoms with E-state index in [1.807, 2.05) is 11.8 Å². The van der Waals surface area contributed by atoms with Crippen molar-refractivity contribution in [2.45, 2.75) is 51.1 Å². The van der Waals surface area contributed by atoms with Crippen LogP contribution in [0.25, 0.3) is 0 Å². The van der Waals surface area contributed by atoms with Crippen molar-refractivity contribution in [1.29, 1.82) is 0 Å². The Kier molecular flexibility index (Phi) is 4.84. The van der Waals surface area contributed by atoms with Gasteiger partial charge in [-0.3, -0.25) is 4.90 Å². The molecule has 9 heteroatoms. The predicted octanol–water partition coefficient (Wildman–Crippen LogP) is 0.601. The molecule has 21 heavy (non-hydrogen) atoms. The Labute approximate surface area is 120 Å². The first-order valence-electron chi connectivity index (χ1n) is 6.98. The SMILES string of the molecule is CCCC(N)C(CO)N1CCn2c(nnc2C(F)(F)F)C1. The van der Waals surface area contributed by atoms with E-state index in [0.717, 1.165) is 17.4 Å². The maximum Gasteiger partial charge on any atom is 0.451 e. The molecule has 0 saturated carbocycles. The first-order chi connectivity index (χ1) is 9.88. The average Bonchev–Trinajstić information content (AvgIpc) is 2.82. The normalized spacial score (nSPS) is 19.3. The maximum absolute atomic E-state index is 12.8. The summed E-state index contributed by atoms with van der Waals surface area (Å²) in [6, 6.07) is -0.485. The smallest absolute Gasteiger partial charge is 0.395 e. The van der Waals surface area contributed by atoms with Gasteiger partial charge in [-0.15, -0.1) is 10.2 Å². The van der Waals surface area contributed by atoms with Crippen molar-refractivity contribution < 1.29 is 18.3 Å². The highest BCUT2D eigenvalue weighted by Crippen LogP contribution is 2.29. The highest BCUT2D eigenvalue weighted by molar-refractivity contribution is 5.03. The molecular formula is C12H20F3N5O. The minimum atomic E-state index is -4.50. The number of hydrogen-bond acceptors (Lipinski definition) is 5. The molecule has 2 rings (SSSR count). The highest BCUT2D eigenvalue weighted by atomic mass is 19.4. The van der Waals surface area contributed by atoms with Gasteiger partial charge in [0.05, 0.1) is 13.2 Å². The van der Waals surface area contributed by atoms with Gasteiger partial charge in [-0.2, -0.15) is 13.2 Å². The monoisotopic (exact) mass is 307 g/mol. The molecule has 120 valence electrons. The minimum Gasteiger partial charge on any atom is -0.395 e. The maximum atomic E-state index is 12.8. The van der Waals surface area contributed by atoms with E-state index in [4.69, 9.17) is 5.73 Å². The van der Waals surface area contributed by atoms with Gasteiger partial charge >= 0.3 is 6.18 Å². The molecule has 6 nitrogen and oxygen atoms in total. The van der Waals surface area contributed by atoms with E-state index >= 15 is 0 Å². The second-order valence-corrected chi connectivity index (χ2v) is 5.26. The number of nitrogens with zero attached hydrogens (tertiary/aromatic N) is 4. The number of halogens is 3. The quantitative estimate of drug-likeness (QED) is 0.833. The van der Waals surface area contributed by atoms with Crippen molar-refractivity contribution in [3.05, 3.63) is 11.6 Å². The van der Waals surface area contributed by atoms with E-state index in [9.17, 15) is 18.3 Å². The van der Waals surface area contributed by atoms with Crippen LogP contribution in [-0.4, -0.2) is 50.0 Å². The molecule has 0 saturated heterocycles. The summed E-state index contributed by atoms with van der Waals surface area (Å²) >= 11 is 0. The molecule has 2 unspecified atom stereocenters. The Hall–Kier alpha value is -1.19. The number of aliphatic hydroxyl groups is 1. The lowest BCUT2D eigenvalue weighted by Gasteiger charge is -2.36. The van der Waals surface area contributed by atoms with Gasteiger partial charge in [0.15, 0.2) is 0 Å². The molecular weight excluding hydrogens is 287 g/mol. The molecule has 1 aromatic heterocycles. The van der Waals surface area contributed by atoms with Crippen LogP contribution in [0.15, 0.2) is 0 Å². The summed E-state index contributed by atoms with van der Waals surface area (Å²) in [6.07, 6.45) is -2.86. The van der Waals surface area contributed by atoms with Gasteiger partial charge in [-0.1, -0.05) is 13.3 Å². The fourth-order valence-electron chi connectivity index (χ4n) is 2.72. The number of hydrogen-bond donors (Lipinski definition) is 2. The van der Waals surface area contributed by atoms with Crippen molar-refractivity contribution >= 4 is 0 Å². The molecule has 1 aliphatic rings. The summed E-state index contributed by atoms with van der Waals surface area (Å²) in [5.41, 5.74) is 6.04. The lowest BCUT2D eigenvalue weighted by atomic mass is 10.0. The lowest BCUT2D eigenvalue weighted by Crippen LogP contribution is -2.52. The van der Waals surface area contributed by atoms with E-state index in [2.05, 4.69) is 10.2 Å². The third kappa shape index (κ3) is 3.35.